The van der Waals surface area contributed by atoms with Gasteiger partial charge < -0.3 is 4.90 Å². The lowest BCUT2D eigenvalue weighted by atomic mass is 10.2. The maximum Gasteiger partial charge on any atom is 0.103 e. The first-order valence-electron chi connectivity index (χ1n) is 3.70. The maximum absolute atomic E-state index is 8.83. The van der Waals surface area contributed by atoms with E-state index in [-0.39, 0.29) is 0 Å². The molecule has 0 saturated heterocycles. The average Bonchev–Trinajstić information content (AvgIpc) is 2.03. The van der Waals surface area contributed by atoms with Crippen LogP contribution >= 0.6 is 0 Å². The Kier molecular flexibility index (Phi) is 2.29. The number of anilines is 1. The summed E-state index contributed by atoms with van der Waals surface area (Å²) in [4.78, 5) is 5.95. The van der Waals surface area contributed by atoms with Crippen molar-refractivity contribution in [2.75, 3.05) is 19.0 Å². The van der Waals surface area contributed by atoms with Gasteiger partial charge in [0.05, 0.1) is 16.9 Å². The summed E-state index contributed by atoms with van der Waals surface area (Å²) in [6.07, 6.45) is 1.71. The average molecular weight is 161 g/mol. The Bertz CT molecular complexity index is 323. The van der Waals surface area contributed by atoms with E-state index in [9.17, 15) is 0 Å². The molecule has 0 unspecified atom stereocenters. The van der Waals surface area contributed by atoms with E-state index in [0.717, 1.165) is 11.4 Å². The van der Waals surface area contributed by atoms with Gasteiger partial charge in [0, 0.05) is 20.3 Å². The topological polar surface area (TPSA) is 39.9 Å². The van der Waals surface area contributed by atoms with Crippen molar-refractivity contribution in [3.05, 3.63) is 23.5 Å². The van der Waals surface area contributed by atoms with Gasteiger partial charge in [-0.05, 0) is 13.0 Å². The van der Waals surface area contributed by atoms with Crippen molar-refractivity contribution >= 4 is 5.69 Å². The summed E-state index contributed by atoms with van der Waals surface area (Å²) in [5.41, 5.74) is 2.36. The largest absolute Gasteiger partial charge is 0.376 e. The number of pyridine rings is 1. The zero-order valence-electron chi connectivity index (χ0n) is 7.50. The van der Waals surface area contributed by atoms with Crippen LogP contribution in [0.15, 0.2) is 12.3 Å². The molecule has 1 rings (SSSR count). The molecule has 3 nitrogen and oxygen atoms in total. The molecule has 0 bridgehead atoms. The number of nitriles is 1. The highest BCUT2D eigenvalue weighted by molar-refractivity contribution is 5.59. The summed E-state index contributed by atoms with van der Waals surface area (Å²) in [7, 11) is 3.82. The fourth-order valence-corrected chi connectivity index (χ4v) is 1.06. The minimum absolute atomic E-state index is 0.655. The Balaban J connectivity index is 3.30. The van der Waals surface area contributed by atoms with Gasteiger partial charge in [0.25, 0.3) is 0 Å². The molecule has 0 radical (unpaired) electrons. The van der Waals surface area contributed by atoms with Crippen LogP contribution in [0.2, 0.25) is 0 Å². The third-order valence-electron chi connectivity index (χ3n) is 1.71. The van der Waals surface area contributed by atoms with Crippen molar-refractivity contribution in [3.8, 4) is 6.07 Å². The SMILES string of the molecule is Cc1nccc(N(C)C)c1C#N. The second-order valence-electron chi connectivity index (χ2n) is 2.80. The van der Waals surface area contributed by atoms with Crippen LogP contribution in [0.5, 0.6) is 0 Å². The van der Waals surface area contributed by atoms with Crippen LogP contribution in [0.1, 0.15) is 11.3 Å². The number of aryl methyl sites for hydroxylation is 1. The Morgan fingerprint density at radius 1 is 1.50 bits per heavy atom. The monoisotopic (exact) mass is 161 g/mol. The van der Waals surface area contributed by atoms with Crippen molar-refractivity contribution in [3.63, 3.8) is 0 Å². The predicted molar refractivity (Wildman–Crippen MR) is 48.0 cm³/mol. The minimum atomic E-state index is 0.655. The lowest BCUT2D eigenvalue weighted by molar-refractivity contribution is 1.09. The number of hydrogen-bond donors (Lipinski definition) is 0. The van der Waals surface area contributed by atoms with Crippen LogP contribution in [-0.2, 0) is 0 Å². The summed E-state index contributed by atoms with van der Waals surface area (Å²) < 4.78 is 0. The first-order chi connectivity index (χ1) is 5.66. The molecule has 1 aromatic heterocycles. The molecule has 1 aromatic rings. The zero-order chi connectivity index (χ0) is 9.14. The fraction of sp³-hybridized carbons (Fsp3) is 0.333. The number of aromatic nitrogens is 1. The second kappa shape index (κ2) is 3.22. The highest BCUT2D eigenvalue weighted by atomic mass is 15.1. The number of nitrogens with zero attached hydrogens (tertiary/aromatic N) is 3. The van der Waals surface area contributed by atoms with Gasteiger partial charge in [-0.3, -0.25) is 4.98 Å². The van der Waals surface area contributed by atoms with Crippen molar-refractivity contribution in [2.45, 2.75) is 6.92 Å². The highest BCUT2D eigenvalue weighted by Gasteiger charge is 2.06. The van der Waals surface area contributed by atoms with Crippen LogP contribution in [0.3, 0.4) is 0 Å². The van der Waals surface area contributed by atoms with Crippen molar-refractivity contribution in [2.24, 2.45) is 0 Å². The summed E-state index contributed by atoms with van der Waals surface area (Å²) >= 11 is 0. The van der Waals surface area contributed by atoms with E-state index in [4.69, 9.17) is 5.26 Å². The smallest absolute Gasteiger partial charge is 0.103 e. The van der Waals surface area contributed by atoms with Gasteiger partial charge in [-0.15, -0.1) is 0 Å². The molecule has 0 aromatic carbocycles. The second-order valence-corrected chi connectivity index (χ2v) is 2.80. The molecular formula is C9H11N3. The quantitative estimate of drug-likeness (QED) is 0.623. The Morgan fingerprint density at radius 2 is 2.17 bits per heavy atom. The van der Waals surface area contributed by atoms with Crippen LogP contribution in [0.4, 0.5) is 5.69 Å². The Morgan fingerprint density at radius 3 is 2.58 bits per heavy atom. The number of rotatable bonds is 1. The molecule has 0 N–H and O–H groups in total. The lowest BCUT2D eigenvalue weighted by Gasteiger charge is -2.14. The number of hydrogen-bond acceptors (Lipinski definition) is 3. The van der Waals surface area contributed by atoms with Gasteiger partial charge in [0.2, 0.25) is 0 Å². The van der Waals surface area contributed by atoms with E-state index < -0.39 is 0 Å². The van der Waals surface area contributed by atoms with Crippen LogP contribution in [0, 0.1) is 18.3 Å². The van der Waals surface area contributed by atoms with E-state index in [1.54, 1.807) is 6.20 Å². The molecule has 1 heterocycles. The third kappa shape index (κ3) is 1.37. The molecule has 0 spiro atoms. The van der Waals surface area contributed by atoms with Crippen LogP contribution in [-0.4, -0.2) is 19.1 Å². The molecule has 0 atom stereocenters. The van der Waals surface area contributed by atoms with Gasteiger partial charge in [0.1, 0.15) is 6.07 Å². The normalized spacial score (nSPS) is 9.17. The summed E-state index contributed by atoms with van der Waals surface area (Å²) in [6, 6.07) is 3.98. The van der Waals surface area contributed by atoms with Crippen molar-refractivity contribution in [1.82, 2.24) is 4.98 Å². The molecule has 12 heavy (non-hydrogen) atoms. The van der Waals surface area contributed by atoms with E-state index in [1.807, 2.05) is 32.0 Å². The first kappa shape index (κ1) is 8.54. The lowest BCUT2D eigenvalue weighted by Crippen LogP contribution is -2.11. The molecule has 0 aliphatic carbocycles. The Labute approximate surface area is 72.3 Å². The molecule has 0 saturated carbocycles. The highest BCUT2D eigenvalue weighted by Crippen LogP contribution is 2.18. The van der Waals surface area contributed by atoms with E-state index in [2.05, 4.69) is 11.1 Å². The Hall–Kier alpha value is -1.56. The summed E-state index contributed by atoms with van der Waals surface area (Å²) in [5.74, 6) is 0. The van der Waals surface area contributed by atoms with E-state index in [0.29, 0.717) is 5.56 Å². The maximum atomic E-state index is 8.83. The zero-order valence-corrected chi connectivity index (χ0v) is 7.50. The third-order valence-corrected chi connectivity index (χ3v) is 1.71. The molecule has 0 aliphatic rings. The van der Waals surface area contributed by atoms with Gasteiger partial charge >= 0.3 is 0 Å². The van der Waals surface area contributed by atoms with Crippen molar-refractivity contribution < 1.29 is 0 Å². The van der Waals surface area contributed by atoms with Gasteiger partial charge in [-0.25, -0.2) is 0 Å². The van der Waals surface area contributed by atoms with Crippen LogP contribution < -0.4 is 4.90 Å². The van der Waals surface area contributed by atoms with Crippen LogP contribution in [0.25, 0.3) is 0 Å². The van der Waals surface area contributed by atoms with Crippen molar-refractivity contribution in [1.29, 1.82) is 5.26 Å². The molecular weight excluding hydrogens is 150 g/mol. The molecule has 3 heteroatoms. The molecule has 62 valence electrons. The summed E-state index contributed by atoms with van der Waals surface area (Å²) in [5, 5.41) is 8.83. The van der Waals surface area contributed by atoms with Gasteiger partial charge in [-0.1, -0.05) is 0 Å². The molecule has 0 amide bonds. The van der Waals surface area contributed by atoms with Gasteiger partial charge in [-0.2, -0.15) is 5.26 Å². The minimum Gasteiger partial charge on any atom is -0.376 e. The van der Waals surface area contributed by atoms with E-state index in [1.165, 1.54) is 0 Å². The predicted octanol–water partition coefficient (Wildman–Crippen LogP) is 1.33. The van der Waals surface area contributed by atoms with Gasteiger partial charge in [0.15, 0.2) is 0 Å². The fourth-order valence-electron chi connectivity index (χ4n) is 1.06. The summed E-state index contributed by atoms with van der Waals surface area (Å²) in [6.45, 7) is 1.84. The standard InChI is InChI=1S/C9H11N3/c1-7-8(6-10)9(12(2)3)4-5-11-7/h4-5H,1-3H3. The first-order valence-corrected chi connectivity index (χ1v) is 3.70. The molecule has 0 fully saturated rings. The molecule has 0 aliphatic heterocycles. The van der Waals surface area contributed by atoms with E-state index >= 15 is 0 Å².